The Bertz CT molecular complexity index is 1170. The van der Waals surface area contributed by atoms with Gasteiger partial charge in [0.1, 0.15) is 18.8 Å². The van der Waals surface area contributed by atoms with Gasteiger partial charge in [0.2, 0.25) is 0 Å². The number of carbonyl (C=O) groups excluding carboxylic acids is 3. The van der Waals surface area contributed by atoms with Crippen molar-refractivity contribution in [2.75, 3.05) is 13.7 Å². The van der Waals surface area contributed by atoms with Gasteiger partial charge >= 0.3 is 17.9 Å². The molecule has 3 aliphatic carbocycles. The first-order valence-electron chi connectivity index (χ1n) is 14.9. The Kier molecular flexibility index (Phi) is 8.44. The van der Waals surface area contributed by atoms with Gasteiger partial charge in [-0.05, 0) is 92.8 Å². The van der Waals surface area contributed by atoms with E-state index >= 15 is 0 Å². The fourth-order valence-corrected chi connectivity index (χ4v) is 8.83. The Labute approximate surface area is 244 Å². The smallest absolute Gasteiger partial charge is 0.333 e. The number of allylic oxidation sites excluding steroid dienone is 3. The zero-order valence-corrected chi connectivity index (χ0v) is 25.9. The predicted octanol–water partition coefficient (Wildman–Crippen LogP) is 4.83. The van der Waals surface area contributed by atoms with E-state index in [2.05, 4.69) is 32.9 Å². The van der Waals surface area contributed by atoms with Crippen molar-refractivity contribution < 1.29 is 38.8 Å². The summed E-state index contributed by atoms with van der Waals surface area (Å²) in [7, 11) is 1.37. The van der Waals surface area contributed by atoms with Crippen LogP contribution < -0.4 is 0 Å². The molecule has 0 amide bonds. The van der Waals surface area contributed by atoms with Gasteiger partial charge in [-0.15, -0.1) is 0 Å². The summed E-state index contributed by atoms with van der Waals surface area (Å²) in [6.45, 7) is 13.4. The minimum Gasteiger partial charge on any atom is -0.469 e. The first-order chi connectivity index (χ1) is 19.0. The number of hydrogen-bond acceptors (Lipinski definition) is 8. The van der Waals surface area contributed by atoms with Gasteiger partial charge in [0.15, 0.2) is 0 Å². The van der Waals surface area contributed by atoms with E-state index in [1.54, 1.807) is 26.8 Å². The fraction of sp³-hybridized carbons (Fsp3) is 0.727. The van der Waals surface area contributed by atoms with Crippen LogP contribution in [0.3, 0.4) is 0 Å². The lowest BCUT2D eigenvalue weighted by atomic mass is 9.47. The molecule has 0 bridgehead atoms. The Morgan fingerprint density at radius 2 is 1.90 bits per heavy atom. The molecular formula is C33H48O8. The maximum Gasteiger partial charge on any atom is 0.333 e. The largest absolute Gasteiger partial charge is 0.469 e. The quantitative estimate of drug-likeness (QED) is 0.314. The maximum absolute atomic E-state index is 12.4. The highest BCUT2D eigenvalue weighted by molar-refractivity contribution is 5.88. The average molecular weight is 573 g/mol. The van der Waals surface area contributed by atoms with Crippen molar-refractivity contribution in [1.82, 2.24) is 0 Å². The standard InChI is InChI=1S/C33H48O8/c1-19-17-25(35)28(41-29(19)37)20(2)22-11-14-32(7)23-9-10-26(30(4,5)38)33(18-40-21(3)34,16-13-27(36)39-8)24(23)12-15-31(22,32)6/h9,12,17,20,22,25-26,28,35,38H,10-11,13-16,18H2,1-8H3/t20-,22+,25-,26-,28+,31+,32-,33-/m0/s1. The molecule has 1 aliphatic heterocycles. The highest BCUT2D eigenvalue weighted by Crippen LogP contribution is 2.70. The summed E-state index contributed by atoms with van der Waals surface area (Å²) in [4.78, 5) is 36.9. The molecule has 41 heavy (non-hydrogen) atoms. The number of aliphatic hydroxyl groups is 2. The van der Waals surface area contributed by atoms with Crippen LogP contribution >= 0.6 is 0 Å². The average Bonchev–Trinajstić information content (AvgIpc) is 3.18. The van der Waals surface area contributed by atoms with E-state index in [-0.39, 0.29) is 53.6 Å². The van der Waals surface area contributed by atoms with Crippen LogP contribution in [0.4, 0.5) is 0 Å². The third-order valence-electron chi connectivity index (χ3n) is 11.3. The molecule has 0 spiro atoms. The molecule has 0 aromatic rings. The van der Waals surface area contributed by atoms with E-state index in [0.717, 1.165) is 24.8 Å². The number of ether oxygens (including phenoxy) is 3. The lowest BCUT2D eigenvalue weighted by molar-refractivity contribution is -0.158. The van der Waals surface area contributed by atoms with E-state index in [4.69, 9.17) is 14.2 Å². The number of fused-ring (bicyclic) bond motifs is 3. The van der Waals surface area contributed by atoms with Crippen molar-refractivity contribution in [2.24, 2.45) is 34.0 Å². The van der Waals surface area contributed by atoms with Gasteiger partial charge in [0.05, 0.1) is 12.7 Å². The predicted molar refractivity (Wildman–Crippen MR) is 153 cm³/mol. The van der Waals surface area contributed by atoms with Gasteiger partial charge in [-0.1, -0.05) is 32.9 Å². The Morgan fingerprint density at radius 3 is 2.51 bits per heavy atom. The molecule has 1 heterocycles. The van der Waals surface area contributed by atoms with Crippen molar-refractivity contribution in [3.63, 3.8) is 0 Å². The molecule has 4 aliphatic rings. The van der Waals surface area contributed by atoms with E-state index in [1.165, 1.54) is 19.6 Å². The van der Waals surface area contributed by atoms with Gasteiger partial charge < -0.3 is 24.4 Å². The Morgan fingerprint density at radius 1 is 1.22 bits per heavy atom. The summed E-state index contributed by atoms with van der Waals surface area (Å²) >= 11 is 0. The summed E-state index contributed by atoms with van der Waals surface area (Å²) in [6, 6.07) is 0. The van der Waals surface area contributed by atoms with Crippen LogP contribution in [0.5, 0.6) is 0 Å². The lowest BCUT2D eigenvalue weighted by Crippen LogP contribution is -2.54. The number of methoxy groups -OCH3 is 1. The molecule has 0 aromatic heterocycles. The molecule has 228 valence electrons. The molecule has 0 radical (unpaired) electrons. The molecule has 1 fully saturated rings. The second-order valence-corrected chi connectivity index (χ2v) is 13.9. The minimum atomic E-state index is -1.10. The lowest BCUT2D eigenvalue weighted by Gasteiger charge is -2.58. The number of esters is 3. The summed E-state index contributed by atoms with van der Waals surface area (Å²) in [5.74, 6) is -1.30. The highest BCUT2D eigenvalue weighted by Gasteiger charge is 2.63. The molecule has 1 saturated carbocycles. The zero-order chi connectivity index (χ0) is 30.5. The van der Waals surface area contributed by atoms with Crippen molar-refractivity contribution in [3.8, 4) is 0 Å². The van der Waals surface area contributed by atoms with Crippen LogP contribution in [0.2, 0.25) is 0 Å². The molecular weight excluding hydrogens is 524 g/mol. The van der Waals surface area contributed by atoms with Gasteiger partial charge in [-0.25, -0.2) is 4.79 Å². The number of aliphatic hydroxyl groups excluding tert-OH is 1. The number of rotatable bonds is 8. The molecule has 2 N–H and O–H groups in total. The Balaban J connectivity index is 1.78. The van der Waals surface area contributed by atoms with Gasteiger partial charge in [-0.2, -0.15) is 0 Å². The normalized spacial score (nSPS) is 37.5. The van der Waals surface area contributed by atoms with E-state index in [0.29, 0.717) is 18.4 Å². The number of hydrogen-bond donors (Lipinski definition) is 2. The Hall–Kier alpha value is -2.45. The van der Waals surface area contributed by atoms with Crippen LogP contribution in [0.25, 0.3) is 0 Å². The minimum absolute atomic E-state index is 0.0691. The topological polar surface area (TPSA) is 119 Å². The van der Waals surface area contributed by atoms with Crippen LogP contribution in [0.15, 0.2) is 34.9 Å². The van der Waals surface area contributed by atoms with Crippen molar-refractivity contribution in [1.29, 1.82) is 0 Å². The summed E-state index contributed by atoms with van der Waals surface area (Å²) in [5.41, 5.74) is 0.364. The molecule has 0 aromatic carbocycles. The van der Waals surface area contributed by atoms with Crippen LogP contribution in [-0.2, 0) is 28.6 Å². The second-order valence-electron chi connectivity index (χ2n) is 13.9. The van der Waals surface area contributed by atoms with Crippen molar-refractivity contribution in [3.05, 3.63) is 34.9 Å². The van der Waals surface area contributed by atoms with E-state index < -0.39 is 29.2 Å². The SMILES string of the molecule is COC(=O)CC[C@]1(COC(C)=O)C2=CC[C@]3(C)[C@@H]([C@H](C)[C@H]4OC(=O)C(C)=C[C@@H]4O)CC[C@@]3(C)C2=CC[C@H]1C(C)(C)O. The van der Waals surface area contributed by atoms with Gasteiger partial charge in [0.25, 0.3) is 0 Å². The van der Waals surface area contributed by atoms with Gasteiger partial charge in [0, 0.05) is 30.3 Å². The van der Waals surface area contributed by atoms with Crippen molar-refractivity contribution in [2.45, 2.75) is 105 Å². The molecule has 8 nitrogen and oxygen atoms in total. The number of cyclic esters (lactones) is 1. The van der Waals surface area contributed by atoms with Gasteiger partial charge in [-0.3, -0.25) is 9.59 Å². The molecule has 0 saturated heterocycles. The third-order valence-corrected chi connectivity index (χ3v) is 11.3. The maximum atomic E-state index is 12.4. The zero-order valence-electron chi connectivity index (χ0n) is 25.9. The summed E-state index contributed by atoms with van der Waals surface area (Å²) in [5, 5.41) is 22.2. The second kappa shape index (κ2) is 11.0. The summed E-state index contributed by atoms with van der Waals surface area (Å²) < 4.78 is 16.4. The molecule has 8 heteroatoms. The molecule has 0 unspecified atom stereocenters. The van der Waals surface area contributed by atoms with Crippen LogP contribution in [0.1, 0.15) is 87.0 Å². The number of carbonyl (C=O) groups is 3. The third kappa shape index (κ3) is 5.20. The van der Waals surface area contributed by atoms with Crippen LogP contribution in [-0.4, -0.2) is 59.6 Å². The summed E-state index contributed by atoms with van der Waals surface area (Å²) in [6.07, 6.45) is 8.29. The molecule has 8 atom stereocenters. The monoisotopic (exact) mass is 572 g/mol. The van der Waals surface area contributed by atoms with Crippen LogP contribution in [0, 0.1) is 34.0 Å². The van der Waals surface area contributed by atoms with Crippen molar-refractivity contribution >= 4 is 17.9 Å². The fourth-order valence-electron chi connectivity index (χ4n) is 8.83. The van der Waals surface area contributed by atoms with E-state index in [1.807, 2.05) is 0 Å². The van der Waals surface area contributed by atoms with E-state index in [9.17, 15) is 24.6 Å². The highest BCUT2D eigenvalue weighted by atomic mass is 16.6. The molecule has 4 rings (SSSR count). The first-order valence-corrected chi connectivity index (χ1v) is 14.9. The first kappa shape index (κ1) is 31.5.